The summed E-state index contributed by atoms with van der Waals surface area (Å²) < 4.78 is 0. The fourth-order valence-electron chi connectivity index (χ4n) is 2.53. The zero-order chi connectivity index (χ0) is 18.3. The molecule has 1 heterocycles. The van der Waals surface area contributed by atoms with E-state index in [1.165, 1.54) is 5.56 Å². The molecule has 1 aromatic carbocycles. The third-order valence-electron chi connectivity index (χ3n) is 4.28. The number of rotatable bonds is 7. The first-order valence-electron chi connectivity index (χ1n) is 8.68. The van der Waals surface area contributed by atoms with Gasteiger partial charge in [-0.1, -0.05) is 44.2 Å². The maximum atomic E-state index is 10.7. The molecule has 0 aliphatic rings. The summed E-state index contributed by atoms with van der Waals surface area (Å²) in [4.78, 5) is 4.73. The van der Waals surface area contributed by atoms with E-state index < -0.39 is 5.60 Å². The van der Waals surface area contributed by atoms with Crippen molar-refractivity contribution in [3.8, 4) is 0 Å². The Labute approximate surface area is 155 Å². The van der Waals surface area contributed by atoms with Gasteiger partial charge in [0.05, 0.1) is 13.1 Å². The summed E-state index contributed by atoms with van der Waals surface area (Å²) in [6, 6.07) is 12.4. The van der Waals surface area contributed by atoms with E-state index in [4.69, 9.17) is 4.99 Å². The Hall–Kier alpha value is -1.85. The second-order valence-electron chi connectivity index (χ2n) is 7.08. The molecule has 0 spiro atoms. The van der Waals surface area contributed by atoms with Crippen molar-refractivity contribution in [2.24, 2.45) is 4.99 Å². The highest BCUT2D eigenvalue weighted by molar-refractivity contribution is 7.08. The number of nitrogens with zero attached hydrogens (tertiary/aromatic N) is 1. The number of aliphatic imine (C=N–C) groups is 1. The number of nitrogens with one attached hydrogen (secondary N) is 2. The molecule has 0 saturated carbocycles. The van der Waals surface area contributed by atoms with Gasteiger partial charge in [0.25, 0.3) is 0 Å². The summed E-state index contributed by atoms with van der Waals surface area (Å²) in [7, 11) is 0. The van der Waals surface area contributed by atoms with Crippen LogP contribution in [-0.2, 0) is 11.0 Å². The average Bonchev–Trinajstić information content (AvgIpc) is 3.14. The van der Waals surface area contributed by atoms with Gasteiger partial charge in [0.1, 0.15) is 5.60 Å². The molecule has 25 heavy (non-hydrogen) atoms. The Morgan fingerprint density at radius 2 is 1.80 bits per heavy atom. The molecule has 1 atom stereocenters. The minimum atomic E-state index is -0.925. The van der Waals surface area contributed by atoms with Crippen LogP contribution in [0, 0.1) is 0 Å². The largest absolute Gasteiger partial charge is 0.384 e. The van der Waals surface area contributed by atoms with Gasteiger partial charge < -0.3 is 15.7 Å². The van der Waals surface area contributed by atoms with Gasteiger partial charge >= 0.3 is 0 Å². The lowest BCUT2D eigenvalue weighted by molar-refractivity contribution is 0.0621. The van der Waals surface area contributed by atoms with Gasteiger partial charge in [0, 0.05) is 12.0 Å². The van der Waals surface area contributed by atoms with Gasteiger partial charge in [-0.05, 0) is 41.8 Å². The predicted octanol–water partition coefficient (Wildman–Crippen LogP) is 3.49. The first kappa shape index (κ1) is 19.5. The third kappa shape index (κ3) is 5.58. The lowest BCUT2D eigenvalue weighted by Gasteiger charge is -2.26. The van der Waals surface area contributed by atoms with Crippen LogP contribution in [0.2, 0.25) is 0 Å². The predicted molar refractivity (Wildman–Crippen MR) is 107 cm³/mol. The Morgan fingerprint density at radius 3 is 2.40 bits per heavy atom. The van der Waals surface area contributed by atoms with Crippen molar-refractivity contribution in [1.29, 1.82) is 0 Å². The quantitative estimate of drug-likeness (QED) is 0.524. The molecule has 1 aromatic heterocycles. The zero-order valence-electron chi connectivity index (χ0n) is 15.5. The lowest BCUT2D eigenvalue weighted by Crippen LogP contribution is -2.45. The number of thiophene rings is 1. The van der Waals surface area contributed by atoms with Crippen LogP contribution in [0.25, 0.3) is 0 Å². The smallest absolute Gasteiger partial charge is 0.191 e. The lowest BCUT2D eigenvalue weighted by atomic mass is 9.85. The Bertz CT molecular complexity index is 664. The van der Waals surface area contributed by atoms with Gasteiger partial charge in [0.2, 0.25) is 0 Å². The SMILES string of the molecule is CCNC(=NCC(C)(C)c1ccccc1)NCC(C)(O)c1ccsc1. The fourth-order valence-corrected chi connectivity index (χ4v) is 3.31. The van der Waals surface area contributed by atoms with Gasteiger partial charge in [-0.15, -0.1) is 0 Å². The summed E-state index contributed by atoms with van der Waals surface area (Å²) in [6.45, 7) is 10.1. The second-order valence-corrected chi connectivity index (χ2v) is 7.86. The van der Waals surface area contributed by atoms with Crippen LogP contribution < -0.4 is 10.6 Å². The van der Waals surface area contributed by atoms with Gasteiger partial charge in [-0.3, -0.25) is 4.99 Å². The molecule has 4 nitrogen and oxygen atoms in total. The Morgan fingerprint density at radius 1 is 1.08 bits per heavy atom. The zero-order valence-corrected chi connectivity index (χ0v) is 16.4. The number of aliphatic hydroxyl groups is 1. The monoisotopic (exact) mass is 359 g/mol. The van der Waals surface area contributed by atoms with Crippen LogP contribution >= 0.6 is 11.3 Å². The molecular weight excluding hydrogens is 330 g/mol. The second kappa shape index (κ2) is 8.50. The van der Waals surface area contributed by atoms with Crippen LogP contribution in [-0.4, -0.2) is 30.7 Å². The van der Waals surface area contributed by atoms with E-state index in [1.807, 2.05) is 36.7 Å². The summed E-state index contributed by atoms with van der Waals surface area (Å²) in [5, 5.41) is 21.1. The molecule has 1 unspecified atom stereocenters. The third-order valence-corrected chi connectivity index (χ3v) is 4.96. The number of hydrogen-bond acceptors (Lipinski definition) is 3. The molecule has 0 aliphatic carbocycles. The highest BCUT2D eigenvalue weighted by Crippen LogP contribution is 2.23. The van der Waals surface area contributed by atoms with Gasteiger partial charge in [-0.2, -0.15) is 11.3 Å². The van der Waals surface area contributed by atoms with Crippen molar-refractivity contribution < 1.29 is 5.11 Å². The minimum absolute atomic E-state index is 0.0561. The fraction of sp³-hybridized carbons (Fsp3) is 0.450. The van der Waals surface area contributed by atoms with Crippen molar-refractivity contribution in [3.05, 3.63) is 58.3 Å². The minimum Gasteiger partial charge on any atom is -0.384 e. The Balaban J connectivity index is 2.03. The summed E-state index contributed by atoms with van der Waals surface area (Å²) in [5.74, 6) is 0.724. The molecule has 0 bridgehead atoms. The van der Waals surface area contributed by atoms with Crippen molar-refractivity contribution in [3.63, 3.8) is 0 Å². The van der Waals surface area contributed by atoms with E-state index >= 15 is 0 Å². The molecule has 0 fully saturated rings. The van der Waals surface area contributed by atoms with Gasteiger partial charge in [-0.25, -0.2) is 0 Å². The number of guanidine groups is 1. The topological polar surface area (TPSA) is 56.7 Å². The van der Waals surface area contributed by atoms with E-state index in [1.54, 1.807) is 11.3 Å². The van der Waals surface area contributed by atoms with Crippen molar-refractivity contribution in [1.82, 2.24) is 10.6 Å². The van der Waals surface area contributed by atoms with Crippen molar-refractivity contribution in [2.45, 2.75) is 38.7 Å². The average molecular weight is 360 g/mol. The summed E-state index contributed by atoms with van der Waals surface area (Å²) in [6.07, 6.45) is 0. The molecule has 2 aromatic rings. The standard InChI is InChI=1S/C20H29N3OS/c1-5-21-18(23-15-20(4,24)17-11-12-25-13-17)22-14-19(2,3)16-9-7-6-8-10-16/h6-13,24H,5,14-15H2,1-4H3,(H2,21,22,23). The van der Waals surface area contributed by atoms with Crippen LogP contribution in [0.15, 0.2) is 52.2 Å². The molecule has 0 amide bonds. The maximum absolute atomic E-state index is 10.7. The van der Waals surface area contributed by atoms with E-state index in [9.17, 15) is 5.11 Å². The number of hydrogen-bond donors (Lipinski definition) is 3. The molecule has 5 heteroatoms. The molecule has 0 aliphatic heterocycles. The molecule has 0 radical (unpaired) electrons. The van der Waals surface area contributed by atoms with E-state index in [-0.39, 0.29) is 5.41 Å². The normalized spacial score (nSPS) is 14.8. The molecular formula is C20H29N3OS. The maximum Gasteiger partial charge on any atom is 0.191 e. The van der Waals surface area contributed by atoms with Crippen LogP contribution in [0.4, 0.5) is 0 Å². The van der Waals surface area contributed by atoms with Gasteiger partial charge in [0.15, 0.2) is 5.96 Å². The molecule has 2 rings (SSSR count). The molecule has 0 saturated heterocycles. The van der Waals surface area contributed by atoms with Crippen LogP contribution in [0.1, 0.15) is 38.8 Å². The molecule has 136 valence electrons. The van der Waals surface area contributed by atoms with Crippen molar-refractivity contribution >= 4 is 17.3 Å². The molecule has 3 N–H and O–H groups in total. The summed E-state index contributed by atoms with van der Waals surface area (Å²) in [5.41, 5.74) is 1.20. The highest BCUT2D eigenvalue weighted by Gasteiger charge is 2.24. The van der Waals surface area contributed by atoms with Crippen LogP contribution in [0.3, 0.4) is 0 Å². The van der Waals surface area contributed by atoms with Crippen LogP contribution in [0.5, 0.6) is 0 Å². The highest BCUT2D eigenvalue weighted by atomic mass is 32.1. The summed E-state index contributed by atoms with van der Waals surface area (Å²) >= 11 is 1.59. The van der Waals surface area contributed by atoms with E-state index in [0.29, 0.717) is 13.1 Å². The Kier molecular flexibility index (Phi) is 6.62. The number of benzene rings is 1. The van der Waals surface area contributed by atoms with Crippen molar-refractivity contribution in [2.75, 3.05) is 19.6 Å². The van der Waals surface area contributed by atoms with E-state index in [0.717, 1.165) is 18.1 Å². The van der Waals surface area contributed by atoms with E-state index in [2.05, 4.69) is 48.7 Å². The first-order valence-corrected chi connectivity index (χ1v) is 9.62. The first-order chi connectivity index (χ1) is 11.8.